The number of thioether (sulfide) groups is 1. The van der Waals surface area contributed by atoms with Crippen LogP contribution in [-0.4, -0.2) is 40.6 Å². The van der Waals surface area contributed by atoms with Crippen LogP contribution in [0.2, 0.25) is 5.02 Å². The van der Waals surface area contributed by atoms with Crippen LogP contribution in [0.1, 0.15) is 32.2 Å². The molecule has 0 unspecified atom stereocenters. The molecule has 1 amide bonds. The fourth-order valence-electron chi connectivity index (χ4n) is 3.07. The molecule has 3 rings (SSSR count). The summed E-state index contributed by atoms with van der Waals surface area (Å²) in [6.07, 6.45) is 0. The molecule has 10 heteroatoms. The Morgan fingerprint density at radius 1 is 1.09 bits per heavy atom. The van der Waals surface area contributed by atoms with Gasteiger partial charge in [-0.05, 0) is 23.1 Å². The molecule has 0 atom stereocenters. The fourth-order valence-corrected chi connectivity index (χ4v) is 4.03. The van der Waals surface area contributed by atoms with Gasteiger partial charge in [0.1, 0.15) is 23.9 Å². The van der Waals surface area contributed by atoms with Gasteiger partial charge in [0.05, 0.1) is 30.7 Å². The van der Waals surface area contributed by atoms with Crippen LogP contribution < -0.4 is 19.5 Å². The van der Waals surface area contributed by atoms with Crippen LogP contribution in [0.25, 0.3) is 0 Å². The van der Waals surface area contributed by atoms with Gasteiger partial charge in [-0.25, -0.2) is 0 Å². The SMILES string of the molecule is COc1cc(NC(=O)CSc2nnc(COc3ccc(C(C)(C)C)cc3)n2C)c(OC)cc1Cl. The molecule has 1 N–H and O–H groups in total. The number of nitrogens with one attached hydrogen (secondary N) is 1. The largest absolute Gasteiger partial charge is 0.495 e. The zero-order valence-corrected chi connectivity index (χ0v) is 21.7. The summed E-state index contributed by atoms with van der Waals surface area (Å²) in [4.78, 5) is 12.5. The number of halogens is 1. The highest BCUT2D eigenvalue weighted by molar-refractivity contribution is 7.99. The number of hydrogen-bond donors (Lipinski definition) is 1. The van der Waals surface area contributed by atoms with Gasteiger partial charge in [0.25, 0.3) is 0 Å². The number of hydrogen-bond acceptors (Lipinski definition) is 7. The summed E-state index contributed by atoms with van der Waals surface area (Å²) in [5.74, 6) is 2.21. The summed E-state index contributed by atoms with van der Waals surface area (Å²) in [5.41, 5.74) is 1.80. The van der Waals surface area contributed by atoms with Crippen LogP contribution in [0.4, 0.5) is 5.69 Å². The Morgan fingerprint density at radius 3 is 2.38 bits per heavy atom. The van der Waals surface area contributed by atoms with E-state index in [-0.39, 0.29) is 23.7 Å². The van der Waals surface area contributed by atoms with Gasteiger partial charge in [0.15, 0.2) is 11.0 Å². The maximum absolute atomic E-state index is 12.5. The van der Waals surface area contributed by atoms with Crippen molar-refractivity contribution in [1.29, 1.82) is 0 Å². The summed E-state index contributed by atoms with van der Waals surface area (Å²) in [6, 6.07) is 11.3. The second-order valence-electron chi connectivity index (χ2n) is 8.54. The van der Waals surface area contributed by atoms with Crippen molar-refractivity contribution < 1.29 is 19.0 Å². The zero-order chi connectivity index (χ0) is 24.9. The van der Waals surface area contributed by atoms with Gasteiger partial charge in [-0.3, -0.25) is 4.79 Å². The van der Waals surface area contributed by atoms with Crippen molar-refractivity contribution in [3.63, 3.8) is 0 Å². The predicted octanol–water partition coefficient (Wildman–Crippen LogP) is 5.09. The fraction of sp³-hybridized carbons (Fsp3) is 0.375. The lowest BCUT2D eigenvalue weighted by Crippen LogP contribution is -2.15. The Hall–Kier alpha value is -2.91. The van der Waals surface area contributed by atoms with E-state index in [0.717, 1.165) is 5.75 Å². The number of ether oxygens (including phenoxy) is 3. The zero-order valence-electron chi connectivity index (χ0n) is 20.1. The van der Waals surface area contributed by atoms with E-state index in [1.807, 2.05) is 23.7 Å². The maximum atomic E-state index is 12.5. The van der Waals surface area contributed by atoms with Crippen LogP contribution >= 0.6 is 23.4 Å². The minimum Gasteiger partial charge on any atom is -0.495 e. The number of nitrogens with zero attached hydrogens (tertiary/aromatic N) is 3. The van der Waals surface area contributed by atoms with Gasteiger partial charge >= 0.3 is 0 Å². The molecule has 8 nitrogen and oxygen atoms in total. The van der Waals surface area contributed by atoms with E-state index >= 15 is 0 Å². The molecule has 0 aliphatic rings. The number of benzene rings is 2. The molecule has 0 aliphatic heterocycles. The molecule has 3 aromatic rings. The number of aromatic nitrogens is 3. The third-order valence-corrected chi connectivity index (χ3v) is 6.41. The van der Waals surface area contributed by atoms with Crippen LogP contribution in [0.3, 0.4) is 0 Å². The highest BCUT2D eigenvalue weighted by Gasteiger charge is 2.16. The lowest BCUT2D eigenvalue weighted by Gasteiger charge is -2.19. The summed E-state index contributed by atoms with van der Waals surface area (Å²) in [7, 11) is 4.85. The molecule has 0 radical (unpaired) electrons. The van der Waals surface area contributed by atoms with Crippen molar-refractivity contribution in [2.24, 2.45) is 7.05 Å². The van der Waals surface area contributed by atoms with Crippen molar-refractivity contribution in [3.8, 4) is 17.2 Å². The summed E-state index contributed by atoms with van der Waals surface area (Å²) in [6.45, 7) is 6.78. The third kappa shape index (κ3) is 6.36. The number of carbonyl (C=O) groups excluding carboxylic acids is 1. The third-order valence-electron chi connectivity index (χ3n) is 5.09. The predicted molar refractivity (Wildman–Crippen MR) is 134 cm³/mol. The molecule has 1 aromatic heterocycles. The van der Waals surface area contributed by atoms with E-state index in [0.29, 0.717) is 33.2 Å². The summed E-state index contributed by atoms with van der Waals surface area (Å²) >= 11 is 7.39. The quantitative estimate of drug-likeness (QED) is 0.406. The molecular weight excluding hydrogens is 476 g/mol. The molecular formula is C24H29ClN4O4S. The van der Waals surface area contributed by atoms with E-state index in [9.17, 15) is 4.79 Å². The van der Waals surface area contributed by atoms with E-state index < -0.39 is 0 Å². The maximum Gasteiger partial charge on any atom is 0.234 e. The highest BCUT2D eigenvalue weighted by Crippen LogP contribution is 2.36. The standard InChI is InChI=1S/C24H29ClN4O4S/c1-24(2,3)15-7-9-16(10-8-15)33-13-21-27-28-23(29(21)4)34-14-22(30)26-18-12-19(31-5)17(25)11-20(18)32-6/h7-12H,13-14H2,1-6H3,(H,26,30). The minimum atomic E-state index is -0.229. The topological polar surface area (TPSA) is 87.5 Å². The first-order valence-corrected chi connectivity index (χ1v) is 11.9. The van der Waals surface area contributed by atoms with E-state index in [1.165, 1.54) is 31.5 Å². The second-order valence-corrected chi connectivity index (χ2v) is 9.89. The van der Waals surface area contributed by atoms with Crippen LogP contribution in [0, 0.1) is 0 Å². The lowest BCUT2D eigenvalue weighted by molar-refractivity contribution is -0.113. The number of carbonyl (C=O) groups is 1. The Labute approximate surface area is 209 Å². The van der Waals surface area contributed by atoms with Gasteiger partial charge in [-0.2, -0.15) is 0 Å². The average molecular weight is 505 g/mol. The molecule has 0 fully saturated rings. The second kappa shape index (κ2) is 11.0. The van der Waals surface area contributed by atoms with Crippen molar-refractivity contribution in [2.45, 2.75) is 37.9 Å². The molecule has 34 heavy (non-hydrogen) atoms. The van der Waals surface area contributed by atoms with Crippen LogP contribution in [-0.2, 0) is 23.9 Å². The number of amides is 1. The van der Waals surface area contributed by atoms with E-state index in [4.69, 9.17) is 25.8 Å². The molecule has 0 bridgehead atoms. The number of rotatable bonds is 9. The Bertz CT molecular complexity index is 1140. The van der Waals surface area contributed by atoms with E-state index in [2.05, 4.69) is 48.4 Å². The van der Waals surface area contributed by atoms with Crippen LogP contribution in [0.5, 0.6) is 17.2 Å². The first-order valence-electron chi connectivity index (χ1n) is 10.6. The van der Waals surface area contributed by atoms with Gasteiger partial charge in [-0.15, -0.1) is 10.2 Å². The van der Waals surface area contributed by atoms with Crippen molar-refractivity contribution in [2.75, 3.05) is 25.3 Å². The first-order chi connectivity index (χ1) is 16.1. The lowest BCUT2D eigenvalue weighted by atomic mass is 9.87. The smallest absolute Gasteiger partial charge is 0.234 e. The number of methoxy groups -OCH3 is 2. The van der Waals surface area contributed by atoms with Gasteiger partial charge in [0, 0.05) is 19.2 Å². The molecule has 0 spiro atoms. The van der Waals surface area contributed by atoms with Crippen molar-refractivity contribution in [3.05, 3.63) is 52.8 Å². The number of anilines is 1. The van der Waals surface area contributed by atoms with E-state index in [1.54, 1.807) is 12.1 Å². The minimum absolute atomic E-state index is 0.0886. The Balaban J connectivity index is 1.57. The molecule has 1 heterocycles. The molecule has 0 aliphatic carbocycles. The van der Waals surface area contributed by atoms with Crippen LogP contribution in [0.15, 0.2) is 41.6 Å². The van der Waals surface area contributed by atoms with Crippen molar-refractivity contribution >= 4 is 35.0 Å². The summed E-state index contributed by atoms with van der Waals surface area (Å²) < 4.78 is 18.2. The van der Waals surface area contributed by atoms with Gasteiger partial charge in [-0.1, -0.05) is 56.3 Å². The Morgan fingerprint density at radius 2 is 1.76 bits per heavy atom. The molecule has 182 valence electrons. The first kappa shape index (κ1) is 25.7. The van der Waals surface area contributed by atoms with Crippen molar-refractivity contribution in [1.82, 2.24) is 14.8 Å². The normalized spacial score (nSPS) is 11.3. The average Bonchev–Trinajstić information content (AvgIpc) is 3.16. The molecule has 0 saturated heterocycles. The van der Waals surface area contributed by atoms with Gasteiger partial charge < -0.3 is 24.1 Å². The Kier molecular flexibility index (Phi) is 8.33. The molecule has 0 saturated carbocycles. The van der Waals surface area contributed by atoms with Gasteiger partial charge in [0.2, 0.25) is 5.91 Å². The summed E-state index contributed by atoms with van der Waals surface area (Å²) in [5, 5.41) is 12.2. The monoisotopic (exact) mass is 504 g/mol. The highest BCUT2D eigenvalue weighted by atomic mass is 35.5. The molecule has 2 aromatic carbocycles.